The van der Waals surface area contributed by atoms with E-state index in [2.05, 4.69) is 0 Å². The number of benzene rings is 2. The SMILES string of the molecule is COc1cc(C(Cl)Cc2ccc(F)cc2F)ccc1C. The van der Waals surface area contributed by atoms with Gasteiger partial charge in [0, 0.05) is 6.07 Å². The van der Waals surface area contributed by atoms with Crippen LogP contribution >= 0.6 is 11.6 Å². The summed E-state index contributed by atoms with van der Waals surface area (Å²) in [6, 6.07) is 9.16. The first kappa shape index (κ1) is 14.8. The molecular formula is C16H15ClF2O. The lowest BCUT2D eigenvalue weighted by atomic mass is 10.0. The Hall–Kier alpha value is -1.61. The van der Waals surface area contributed by atoms with Gasteiger partial charge in [0.25, 0.3) is 0 Å². The Morgan fingerprint density at radius 2 is 1.90 bits per heavy atom. The molecular weight excluding hydrogens is 282 g/mol. The maximum Gasteiger partial charge on any atom is 0.129 e. The molecule has 1 atom stereocenters. The molecule has 20 heavy (non-hydrogen) atoms. The van der Waals surface area contributed by atoms with E-state index >= 15 is 0 Å². The molecule has 1 unspecified atom stereocenters. The van der Waals surface area contributed by atoms with Crippen molar-refractivity contribution in [3.05, 3.63) is 64.7 Å². The summed E-state index contributed by atoms with van der Waals surface area (Å²) >= 11 is 6.32. The Kier molecular flexibility index (Phi) is 4.61. The number of rotatable bonds is 4. The highest BCUT2D eigenvalue weighted by molar-refractivity contribution is 6.20. The van der Waals surface area contributed by atoms with E-state index in [9.17, 15) is 8.78 Å². The van der Waals surface area contributed by atoms with Crippen LogP contribution in [-0.2, 0) is 6.42 Å². The van der Waals surface area contributed by atoms with E-state index in [-0.39, 0.29) is 0 Å². The summed E-state index contributed by atoms with van der Waals surface area (Å²) in [6.07, 6.45) is 0.292. The van der Waals surface area contributed by atoms with Gasteiger partial charge in [0.05, 0.1) is 12.5 Å². The standard InChI is InChI=1S/C16H15ClF2O/c1-10-3-4-11(8-16(10)20-2)14(17)7-12-5-6-13(18)9-15(12)19/h3-6,8-9,14H,7H2,1-2H3. The molecule has 0 amide bonds. The second-order valence-electron chi connectivity index (χ2n) is 4.64. The Morgan fingerprint density at radius 1 is 1.15 bits per heavy atom. The van der Waals surface area contributed by atoms with Crippen LogP contribution in [0.25, 0.3) is 0 Å². The quantitative estimate of drug-likeness (QED) is 0.736. The van der Waals surface area contributed by atoms with Crippen LogP contribution in [-0.4, -0.2) is 7.11 Å². The maximum absolute atomic E-state index is 13.6. The van der Waals surface area contributed by atoms with Crippen LogP contribution in [0, 0.1) is 18.6 Å². The first-order valence-electron chi connectivity index (χ1n) is 6.24. The van der Waals surface area contributed by atoms with Crippen LogP contribution in [0.5, 0.6) is 5.75 Å². The monoisotopic (exact) mass is 296 g/mol. The third kappa shape index (κ3) is 3.28. The van der Waals surface area contributed by atoms with Gasteiger partial charge < -0.3 is 4.74 Å². The molecule has 0 bridgehead atoms. The highest BCUT2D eigenvalue weighted by Crippen LogP contribution is 2.30. The summed E-state index contributed by atoms with van der Waals surface area (Å²) < 4.78 is 31.7. The van der Waals surface area contributed by atoms with Crippen molar-refractivity contribution in [2.45, 2.75) is 18.7 Å². The van der Waals surface area contributed by atoms with Crippen molar-refractivity contribution in [3.63, 3.8) is 0 Å². The zero-order chi connectivity index (χ0) is 14.7. The minimum atomic E-state index is -0.589. The van der Waals surface area contributed by atoms with Crippen LogP contribution in [0.1, 0.15) is 22.1 Å². The van der Waals surface area contributed by atoms with E-state index in [1.807, 2.05) is 25.1 Å². The number of aryl methyl sites for hydroxylation is 1. The summed E-state index contributed by atoms with van der Waals surface area (Å²) in [6.45, 7) is 1.94. The van der Waals surface area contributed by atoms with Crippen LogP contribution in [0.4, 0.5) is 8.78 Å². The lowest BCUT2D eigenvalue weighted by Gasteiger charge is -2.13. The van der Waals surface area contributed by atoms with Crippen molar-refractivity contribution >= 4 is 11.6 Å². The molecule has 2 aromatic carbocycles. The van der Waals surface area contributed by atoms with Gasteiger partial charge in [-0.2, -0.15) is 0 Å². The molecule has 106 valence electrons. The van der Waals surface area contributed by atoms with E-state index in [0.717, 1.165) is 22.9 Å². The molecule has 0 aliphatic carbocycles. The van der Waals surface area contributed by atoms with Crippen LogP contribution in [0.2, 0.25) is 0 Å². The zero-order valence-electron chi connectivity index (χ0n) is 11.3. The fraction of sp³-hybridized carbons (Fsp3) is 0.250. The minimum absolute atomic E-state index is 0.292. The van der Waals surface area contributed by atoms with E-state index in [1.54, 1.807) is 7.11 Å². The van der Waals surface area contributed by atoms with Gasteiger partial charge in [0.2, 0.25) is 0 Å². The molecule has 0 heterocycles. The molecule has 1 nitrogen and oxygen atoms in total. The van der Waals surface area contributed by atoms with Gasteiger partial charge in [0.1, 0.15) is 17.4 Å². The van der Waals surface area contributed by atoms with Gasteiger partial charge in [-0.15, -0.1) is 11.6 Å². The average molecular weight is 297 g/mol. The minimum Gasteiger partial charge on any atom is -0.496 e. The summed E-state index contributed by atoms with van der Waals surface area (Å²) in [4.78, 5) is 0. The van der Waals surface area contributed by atoms with Gasteiger partial charge in [-0.1, -0.05) is 18.2 Å². The number of alkyl halides is 1. The van der Waals surface area contributed by atoms with Crippen molar-refractivity contribution in [2.24, 2.45) is 0 Å². The van der Waals surface area contributed by atoms with Crippen molar-refractivity contribution in [3.8, 4) is 5.75 Å². The number of methoxy groups -OCH3 is 1. The summed E-state index contributed by atoms with van der Waals surface area (Å²) in [7, 11) is 1.59. The van der Waals surface area contributed by atoms with Gasteiger partial charge in [-0.25, -0.2) is 8.78 Å². The molecule has 4 heteroatoms. The molecule has 0 saturated heterocycles. The van der Waals surface area contributed by atoms with Gasteiger partial charge >= 0.3 is 0 Å². The summed E-state index contributed by atoms with van der Waals surface area (Å²) in [5, 5.41) is -0.399. The summed E-state index contributed by atoms with van der Waals surface area (Å²) in [5.74, 6) is -0.420. The average Bonchev–Trinajstić information content (AvgIpc) is 2.42. The molecule has 0 aromatic heterocycles. The number of ether oxygens (including phenoxy) is 1. The highest BCUT2D eigenvalue weighted by Gasteiger charge is 2.14. The van der Waals surface area contributed by atoms with Gasteiger partial charge in [0.15, 0.2) is 0 Å². The number of hydrogen-bond donors (Lipinski definition) is 0. The van der Waals surface area contributed by atoms with Crippen molar-refractivity contribution < 1.29 is 13.5 Å². The third-order valence-electron chi connectivity index (χ3n) is 3.21. The van der Waals surface area contributed by atoms with E-state index < -0.39 is 17.0 Å². The van der Waals surface area contributed by atoms with E-state index in [4.69, 9.17) is 16.3 Å². The maximum atomic E-state index is 13.6. The van der Waals surface area contributed by atoms with Crippen LogP contribution in [0.3, 0.4) is 0 Å². The molecule has 0 aliphatic rings. The first-order valence-corrected chi connectivity index (χ1v) is 6.67. The molecule has 0 spiro atoms. The van der Waals surface area contributed by atoms with Gasteiger partial charge in [-0.05, 0) is 42.2 Å². The fourth-order valence-corrected chi connectivity index (χ4v) is 2.33. The largest absolute Gasteiger partial charge is 0.496 e. The third-order valence-corrected chi connectivity index (χ3v) is 3.61. The molecule has 0 saturated carbocycles. The van der Waals surface area contributed by atoms with Gasteiger partial charge in [-0.3, -0.25) is 0 Å². The van der Waals surface area contributed by atoms with E-state index in [0.29, 0.717) is 12.0 Å². The predicted octanol–water partition coefficient (Wildman–Crippen LogP) is 4.80. The Labute approximate surface area is 122 Å². The highest BCUT2D eigenvalue weighted by atomic mass is 35.5. The van der Waals surface area contributed by atoms with Crippen LogP contribution < -0.4 is 4.74 Å². The van der Waals surface area contributed by atoms with Crippen molar-refractivity contribution in [2.75, 3.05) is 7.11 Å². The lowest BCUT2D eigenvalue weighted by Crippen LogP contribution is -2.00. The second-order valence-corrected chi connectivity index (χ2v) is 5.16. The lowest BCUT2D eigenvalue weighted by molar-refractivity contribution is 0.411. The Bertz CT molecular complexity index is 613. The molecule has 0 radical (unpaired) electrons. The summed E-state index contributed by atoms with van der Waals surface area (Å²) in [5.41, 5.74) is 2.25. The van der Waals surface area contributed by atoms with Crippen LogP contribution in [0.15, 0.2) is 36.4 Å². The number of halogens is 3. The molecule has 0 N–H and O–H groups in total. The topological polar surface area (TPSA) is 9.23 Å². The predicted molar refractivity (Wildman–Crippen MR) is 76.4 cm³/mol. The molecule has 2 rings (SSSR count). The van der Waals surface area contributed by atoms with Crippen molar-refractivity contribution in [1.29, 1.82) is 0 Å². The fourth-order valence-electron chi connectivity index (χ4n) is 2.03. The van der Waals surface area contributed by atoms with E-state index in [1.165, 1.54) is 12.1 Å². The Morgan fingerprint density at radius 3 is 2.55 bits per heavy atom. The number of hydrogen-bond acceptors (Lipinski definition) is 1. The molecule has 0 aliphatic heterocycles. The normalized spacial score (nSPS) is 12.2. The second kappa shape index (κ2) is 6.23. The smallest absolute Gasteiger partial charge is 0.129 e. The first-order chi connectivity index (χ1) is 9.51. The van der Waals surface area contributed by atoms with Crippen molar-refractivity contribution in [1.82, 2.24) is 0 Å². The molecule has 2 aromatic rings. The Balaban J connectivity index is 2.21. The molecule has 0 fully saturated rings. The zero-order valence-corrected chi connectivity index (χ0v) is 12.0.